The predicted octanol–water partition coefficient (Wildman–Crippen LogP) is 5.20. The molecule has 0 amide bonds. The summed E-state index contributed by atoms with van der Waals surface area (Å²) in [6, 6.07) is 14.1. The Balaban J connectivity index is 1.70. The molecule has 2 aromatic carbocycles. The smallest absolute Gasteiger partial charge is 0.344 e. The molecule has 5 nitrogen and oxygen atoms in total. The molecule has 0 aliphatic heterocycles. The van der Waals surface area contributed by atoms with Crippen molar-refractivity contribution >= 4 is 16.9 Å². The van der Waals surface area contributed by atoms with Gasteiger partial charge in [-0.25, -0.2) is 9.59 Å². The van der Waals surface area contributed by atoms with Crippen LogP contribution in [0.2, 0.25) is 0 Å². The lowest BCUT2D eigenvalue weighted by molar-refractivity contribution is 0.0155. The van der Waals surface area contributed by atoms with Gasteiger partial charge in [0.25, 0.3) is 0 Å². The Bertz CT molecular complexity index is 1100. The Morgan fingerprint density at radius 1 is 1.07 bits per heavy atom. The van der Waals surface area contributed by atoms with Gasteiger partial charge >= 0.3 is 11.6 Å². The molecule has 0 spiro atoms. The topological polar surface area (TPSA) is 65.7 Å². The number of fused-ring (bicyclic) bond motifs is 1. The van der Waals surface area contributed by atoms with Crippen molar-refractivity contribution in [3.63, 3.8) is 0 Å². The zero-order valence-electron chi connectivity index (χ0n) is 16.6. The van der Waals surface area contributed by atoms with E-state index in [0.29, 0.717) is 33.9 Å². The molecule has 0 N–H and O–H groups in total. The fourth-order valence-electron chi connectivity index (χ4n) is 4.00. The number of ether oxygens (including phenoxy) is 2. The predicted molar refractivity (Wildman–Crippen MR) is 111 cm³/mol. The number of rotatable bonds is 4. The standard InChI is InChI=1S/C24H24O5/c1-15-6-5-8-18(12-15)28-23(25)17-10-11-22(27-2)19(14-17)20-13-16-7-3-4-9-21(16)29-24(20)26/h3-4,7,9-11,13-15,18H,5-6,8,12H2,1-2H3/t15-,18+/m0/s1. The van der Waals surface area contributed by atoms with Gasteiger partial charge in [-0.2, -0.15) is 0 Å². The molecule has 0 radical (unpaired) electrons. The highest BCUT2D eigenvalue weighted by Crippen LogP contribution is 2.32. The minimum atomic E-state index is -0.478. The molecule has 1 heterocycles. The van der Waals surface area contributed by atoms with Crippen LogP contribution in [0, 0.1) is 5.92 Å². The molecule has 5 heteroatoms. The van der Waals surface area contributed by atoms with E-state index in [-0.39, 0.29) is 12.1 Å². The number of methoxy groups -OCH3 is 1. The molecule has 4 rings (SSSR count). The normalized spacial score (nSPS) is 19.1. The van der Waals surface area contributed by atoms with E-state index < -0.39 is 5.63 Å². The fourth-order valence-corrected chi connectivity index (χ4v) is 4.00. The molecule has 1 aromatic heterocycles. The summed E-state index contributed by atoms with van der Waals surface area (Å²) in [5.41, 5.74) is 1.29. The van der Waals surface area contributed by atoms with Crippen molar-refractivity contribution in [1.82, 2.24) is 0 Å². The van der Waals surface area contributed by atoms with Crippen molar-refractivity contribution in [2.75, 3.05) is 7.11 Å². The lowest BCUT2D eigenvalue weighted by Gasteiger charge is -2.26. The molecule has 0 unspecified atom stereocenters. The Morgan fingerprint density at radius 3 is 2.69 bits per heavy atom. The number of carbonyl (C=O) groups is 1. The van der Waals surface area contributed by atoms with Gasteiger partial charge in [0.2, 0.25) is 0 Å². The van der Waals surface area contributed by atoms with Crippen LogP contribution in [0.3, 0.4) is 0 Å². The summed E-state index contributed by atoms with van der Waals surface area (Å²) in [5, 5.41) is 0.799. The number of esters is 1. The number of hydrogen-bond donors (Lipinski definition) is 0. The molecule has 0 bridgehead atoms. The maximum Gasteiger partial charge on any atom is 0.344 e. The van der Waals surface area contributed by atoms with Crippen LogP contribution in [0.25, 0.3) is 22.1 Å². The molecule has 3 aromatic rings. The fraction of sp³-hybridized carbons (Fsp3) is 0.333. The third kappa shape index (κ3) is 4.04. The van der Waals surface area contributed by atoms with Crippen LogP contribution in [0.5, 0.6) is 5.75 Å². The van der Waals surface area contributed by atoms with Gasteiger partial charge in [-0.1, -0.05) is 31.5 Å². The SMILES string of the molecule is COc1ccc(C(=O)O[C@@H]2CCC[C@H](C)C2)cc1-c1cc2ccccc2oc1=O. The van der Waals surface area contributed by atoms with Crippen molar-refractivity contribution in [3.05, 3.63) is 64.5 Å². The Kier molecular flexibility index (Phi) is 5.38. The minimum absolute atomic E-state index is 0.0532. The quantitative estimate of drug-likeness (QED) is 0.451. The minimum Gasteiger partial charge on any atom is -0.496 e. The molecule has 1 aliphatic carbocycles. The Labute approximate surface area is 169 Å². The Morgan fingerprint density at radius 2 is 1.90 bits per heavy atom. The third-order valence-electron chi connectivity index (χ3n) is 5.53. The largest absolute Gasteiger partial charge is 0.496 e. The van der Waals surface area contributed by atoms with Crippen LogP contribution in [0.1, 0.15) is 43.0 Å². The summed E-state index contributed by atoms with van der Waals surface area (Å²) in [6.45, 7) is 2.19. The zero-order valence-corrected chi connectivity index (χ0v) is 16.6. The van der Waals surface area contributed by atoms with Gasteiger partial charge in [-0.05, 0) is 55.5 Å². The van der Waals surface area contributed by atoms with E-state index in [1.165, 1.54) is 13.5 Å². The van der Waals surface area contributed by atoms with E-state index in [4.69, 9.17) is 13.9 Å². The molecule has 2 atom stereocenters. The van der Waals surface area contributed by atoms with Crippen LogP contribution in [-0.2, 0) is 4.74 Å². The van der Waals surface area contributed by atoms with Crippen molar-refractivity contribution in [3.8, 4) is 16.9 Å². The van der Waals surface area contributed by atoms with Crippen molar-refractivity contribution in [1.29, 1.82) is 0 Å². The third-order valence-corrected chi connectivity index (χ3v) is 5.53. The van der Waals surface area contributed by atoms with E-state index in [1.807, 2.05) is 18.2 Å². The van der Waals surface area contributed by atoms with Gasteiger partial charge in [0.15, 0.2) is 0 Å². The molecule has 150 valence electrons. The van der Waals surface area contributed by atoms with Crippen LogP contribution in [0.4, 0.5) is 0 Å². The zero-order chi connectivity index (χ0) is 20.4. The van der Waals surface area contributed by atoms with Gasteiger partial charge in [0, 0.05) is 10.9 Å². The molecular formula is C24H24O5. The molecule has 1 aliphatic rings. The van der Waals surface area contributed by atoms with Crippen molar-refractivity contribution in [2.24, 2.45) is 5.92 Å². The average molecular weight is 392 g/mol. The maximum atomic E-state index is 12.7. The summed E-state index contributed by atoms with van der Waals surface area (Å²) in [7, 11) is 1.53. The van der Waals surface area contributed by atoms with Gasteiger partial charge in [0.1, 0.15) is 17.4 Å². The summed E-state index contributed by atoms with van der Waals surface area (Å²) in [5.74, 6) is 0.684. The average Bonchev–Trinajstić information content (AvgIpc) is 2.72. The monoisotopic (exact) mass is 392 g/mol. The van der Waals surface area contributed by atoms with Crippen molar-refractivity contribution in [2.45, 2.75) is 38.7 Å². The van der Waals surface area contributed by atoms with E-state index in [1.54, 1.807) is 30.3 Å². The first-order chi connectivity index (χ1) is 14.0. The van der Waals surface area contributed by atoms with Gasteiger partial charge in [0.05, 0.1) is 18.2 Å². The number of benzene rings is 2. The number of carbonyl (C=O) groups excluding carboxylic acids is 1. The summed E-state index contributed by atoms with van der Waals surface area (Å²) in [4.78, 5) is 25.3. The van der Waals surface area contributed by atoms with Gasteiger partial charge < -0.3 is 13.9 Å². The van der Waals surface area contributed by atoms with E-state index in [2.05, 4.69) is 6.92 Å². The highest BCUT2D eigenvalue weighted by molar-refractivity contribution is 5.92. The molecule has 1 fully saturated rings. The first-order valence-corrected chi connectivity index (χ1v) is 9.97. The van der Waals surface area contributed by atoms with E-state index >= 15 is 0 Å². The lowest BCUT2D eigenvalue weighted by Crippen LogP contribution is -2.24. The number of para-hydroxylation sites is 1. The summed E-state index contributed by atoms with van der Waals surface area (Å²) in [6.07, 6.45) is 3.99. The first-order valence-electron chi connectivity index (χ1n) is 9.97. The second-order valence-electron chi connectivity index (χ2n) is 7.70. The van der Waals surface area contributed by atoms with E-state index in [9.17, 15) is 9.59 Å². The second kappa shape index (κ2) is 8.11. The van der Waals surface area contributed by atoms with Crippen LogP contribution in [-0.4, -0.2) is 19.2 Å². The van der Waals surface area contributed by atoms with Gasteiger partial charge in [-0.3, -0.25) is 0 Å². The summed E-state index contributed by atoms with van der Waals surface area (Å²) < 4.78 is 16.6. The van der Waals surface area contributed by atoms with Crippen molar-refractivity contribution < 1.29 is 18.7 Å². The van der Waals surface area contributed by atoms with Gasteiger partial charge in [-0.15, -0.1) is 0 Å². The Hall–Kier alpha value is -3.08. The van der Waals surface area contributed by atoms with Crippen LogP contribution >= 0.6 is 0 Å². The molecule has 1 saturated carbocycles. The molecule has 0 saturated heterocycles. The second-order valence-corrected chi connectivity index (χ2v) is 7.70. The lowest BCUT2D eigenvalue weighted by atomic mass is 9.89. The highest BCUT2D eigenvalue weighted by Gasteiger charge is 2.24. The first kappa shape index (κ1) is 19.2. The molecular weight excluding hydrogens is 368 g/mol. The van der Waals surface area contributed by atoms with Crippen LogP contribution in [0.15, 0.2) is 57.7 Å². The summed E-state index contributed by atoms with van der Waals surface area (Å²) >= 11 is 0. The highest BCUT2D eigenvalue weighted by atomic mass is 16.5. The maximum absolute atomic E-state index is 12.7. The van der Waals surface area contributed by atoms with E-state index in [0.717, 1.165) is 24.6 Å². The number of hydrogen-bond acceptors (Lipinski definition) is 5. The molecule has 29 heavy (non-hydrogen) atoms. The van der Waals surface area contributed by atoms with Crippen LogP contribution < -0.4 is 10.4 Å².